The van der Waals surface area contributed by atoms with Gasteiger partial charge >= 0.3 is 0 Å². The molecule has 0 saturated heterocycles. The maximum absolute atomic E-state index is 14.5. The molecule has 0 aliphatic heterocycles. The largest absolute Gasteiger partial charge is 0.380 e. The van der Waals surface area contributed by atoms with Crippen molar-refractivity contribution in [2.24, 2.45) is 4.99 Å². The lowest BCUT2D eigenvalue weighted by molar-refractivity contribution is 0.0996. The van der Waals surface area contributed by atoms with Crippen molar-refractivity contribution in [2.45, 2.75) is 37.2 Å². The average molecular weight is 478 g/mol. The summed E-state index contributed by atoms with van der Waals surface area (Å²) in [4.78, 5) is 17.5. The van der Waals surface area contributed by atoms with Crippen LogP contribution in [0.4, 0.5) is 4.39 Å². The molecule has 0 spiro atoms. The third-order valence-corrected chi connectivity index (χ3v) is 8.32. The first-order chi connectivity index (χ1) is 15.3. The third-order valence-electron chi connectivity index (χ3n) is 5.35. The van der Waals surface area contributed by atoms with Gasteiger partial charge in [-0.3, -0.25) is 4.79 Å². The number of aromatic nitrogens is 1. The van der Waals surface area contributed by atoms with Gasteiger partial charge in [-0.2, -0.15) is 9.30 Å². The van der Waals surface area contributed by atoms with Crippen LogP contribution in [0.3, 0.4) is 0 Å². The molecule has 7 nitrogen and oxygen atoms in total. The number of fused-ring (bicyclic) bond motifs is 1. The Bertz CT molecular complexity index is 1310. The molecule has 10 heteroatoms. The quantitative estimate of drug-likeness (QED) is 0.466. The highest BCUT2D eigenvalue weighted by Gasteiger charge is 2.35. The maximum Gasteiger partial charge on any atom is 0.279 e. The Morgan fingerprint density at radius 3 is 2.62 bits per heavy atom. The molecule has 1 fully saturated rings. The number of para-hydroxylation sites is 1. The van der Waals surface area contributed by atoms with E-state index in [0.717, 1.165) is 12.8 Å². The summed E-state index contributed by atoms with van der Waals surface area (Å²) in [5.74, 6) is -0.917. The summed E-state index contributed by atoms with van der Waals surface area (Å²) in [7, 11) is -2.01. The van der Waals surface area contributed by atoms with E-state index in [2.05, 4.69) is 4.99 Å². The monoisotopic (exact) mass is 477 g/mol. The van der Waals surface area contributed by atoms with Gasteiger partial charge < -0.3 is 9.30 Å². The normalized spacial score (nSPS) is 15.1. The fourth-order valence-electron chi connectivity index (χ4n) is 3.40. The Morgan fingerprint density at radius 1 is 1.25 bits per heavy atom. The van der Waals surface area contributed by atoms with E-state index >= 15 is 0 Å². The number of nitrogens with zero attached hydrogens (tertiary/aromatic N) is 3. The second kappa shape index (κ2) is 9.22. The van der Waals surface area contributed by atoms with Crippen LogP contribution in [-0.4, -0.2) is 49.5 Å². The number of amides is 1. The first kappa shape index (κ1) is 22.8. The number of rotatable bonds is 8. The van der Waals surface area contributed by atoms with Crippen LogP contribution < -0.4 is 4.80 Å². The van der Waals surface area contributed by atoms with Crippen LogP contribution in [-0.2, 0) is 21.3 Å². The van der Waals surface area contributed by atoms with E-state index in [0.29, 0.717) is 34.8 Å². The number of carbonyl (C=O) groups is 1. The van der Waals surface area contributed by atoms with Gasteiger partial charge in [-0.1, -0.05) is 17.4 Å². The van der Waals surface area contributed by atoms with Crippen molar-refractivity contribution >= 4 is 37.5 Å². The second-order valence-corrected chi connectivity index (χ2v) is 10.5. The minimum atomic E-state index is -3.58. The molecule has 1 saturated carbocycles. The fraction of sp³-hybridized carbons (Fsp3) is 0.364. The SMILES string of the molecule is CCOCCn1c(=NC(=O)c2ccc(S(=O)(=O)N(C)C3CC3)cc2)sc2cccc(F)c21. The molecule has 32 heavy (non-hydrogen) atoms. The van der Waals surface area contributed by atoms with Gasteiger partial charge in [-0.05, 0) is 56.2 Å². The third kappa shape index (κ3) is 4.54. The van der Waals surface area contributed by atoms with Crippen LogP contribution in [0.2, 0.25) is 0 Å². The lowest BCUT2D eigenvalue weighted by Crippen LogP contribution is -2.28. The van der Waals surface area contributed by atoms with E-state index in [1.807, 2.05) is 6.92 Å². The summed E-state index contributed by atoms with van der Waals surface area (Å²) in [6.45, 7) is 3.12. The van der Waals surface area contributed by atoms with E-state index in [1.165, 1.54) is 46.0 Å². The van der Waals surface area contributed by atoms with Crippen molar-refractivity contribution in [3.8, 4) is 0 Å². The van der Waals surface area contributed by atoms with Crippen LogP contribution in [0.15, 0.2) is 52.4 Å². The number of ether oxygens (including phenoxy) is 1. The van der Waals surface area contributed by atoms with Crippen molar-refractivity contribution in [3.05, 3.63) is 58.6 Å². The minimum Gasteiger partial charge on any atom is -0.380 e. The van der Waals surface area contributed by atoms with Crippen molar-refractivity contribution in [2.75, 3.05) is 20.3 Å². The van der Waals surface area contributed by atoms with Crippen LogP contribution in [0, 0.1) is 5.82 Å². The number of halogens is 1. The molecule has 1 aromatic heterocycles. The summed E-state index contributed by atoms with van der Waals surface area (Å²) in [6, 6.07) is 10.6. The molecule has 0 unspecified atom stereocenters. The van der Waals surface area contributed by atoms with Gasteiger partial charge in [0, 0.05) is 31.8 Å². The highest BCUT2D eigenvalue weighted by atomic mass is 32.2. The van der Waals surface area contributed by atoms with E-state index in [1.54, 1.807) is 23.7 Å². The molecule has 1 aliphatic carbocycles. The van der Waals surface area contributed by atoms with Crippen LogP contribution >= 0.6 is 11.3 Å². The number of hydrogen-bond acceptors (Lipinski definition) is 5. The summed E-state index contributed by atoms with van der Waals surface area (Å²) >= 11 is 1.22. The zero-order chi connectivity index (χ0) is 22.9. The van der Waals surface area contributed by atoms with Crippen LogP contribution in [0.1, 0.15) is 30.1 Å². The number of sulfonamides is 1. The Kier molecular flexibility index (Phi) is 6.57. The molecule has 0 radical (unpaired) electrons. The minimum absolute atomic E-state index is 0.0526. The molecule has 1 aliphatic rings. The first-order valence-electron chi connectivity index (χ1n) is 10.4. The smallest absolute Gasteiger partial charge is 0.279 e. The van der Waals surface area contributed by atoms with Crippen molar-refractivity contribution < 1.29 is 22.3 Å². The molecule has 4 rings (SSSR count). The highest BCUT2D eigenvalue weighted by molar-refractivity contribution is 7.89. The fourth-order valence-corrected chi connectivity index (χ4v) is 5.89. The number of hydrogen-bond donors (Lipinski definition) is 0. The first-order valence-corrected chi connectivity index (χ1v) is 12.6. The molecule has 0 bridgehead atoms. The zero-order valence-electron chi connectivity index (χ0n) is 17.8. The highest BCUT2D eigenvalue weighted by Crippen LogP contribution is 2.30. The van der Waals surface area contributed by atoms with Crippen molar-refractivity contribution in [3.63, 3.8) is 0 Å². The molecule has 0 atom stereocenters. The van der Waals surface area contributed by atoms with E-state index in [4.69, 9.17) is 4.74 Å². The lowest BCUT2D eigenvalue weighted by atomic mass is 10.2. The Morgan fingerprint density at radius 2 is 1.97 bits per heavy atom. The molecular formula is C22H24FN3O4S2. The van der Waals surface area contributed by atoms with Gasteiger partial charge in [0.15, 0.2) is 4.80 Å². The summed E-state index contributed by atoms with van der Waals surface area (Å²) in [6.07, 6.45) is 1.73. The molecular weight excluding hydrogens is 453 g/mol. The Balaban J connectivity index is 1.66. The molecule has 170 valence electrons. The topological polar surface area (TPSA) is 81.0 Å². The number of carbonyl (C=O) groups excluding carboxylic acids is 1. The predicted molar refractivity (Wildman–Crippen MR) is 121 cm³/mol. The van der Waals surface area contributed by atoms with Gasteiger partial charge in [0.2, 0.25) is 10.0 Å². The zero-order valence-corrected chi connectivity index (χ0v) is 19.5. The van der Waals surface area contributed by atoms with E-state index in [9.17, 15) is 17.6 Å². The van der Waals surface area contributed by atoms with E-state index < -0.39 is 21.7 Å². The standard InChI is InChI=1S/C22H24FN3O4S2/c1-3-30-14-13-26-20-18(23)5-4-6-19(20)31-22(26)24-21(27)15-7-11-17(12-8-15)32(28,29)25(2)16-9-10-16/h4-8,11-12,16H,3,9-10,13-14H2,1-2H3. The van der Waals surface area contributed by atoms with Gasteiger partial charge in [-0.25, -0.2) is 12.8 Å². The summed E-state index contributed by atoms with van der Waals surface area (Å²) in [5.41, 5.74) is 0.639. The Labute approximate surface area is 189 Å². The number of benzene rings is 2. The van der Waals surface area contributed by atoms with Gasteiger partial charge in [0.25, 0.3) is 5.91 Å². The second-order valence-electron chi connectivity index (χ2n) is 7.51. The van der Waals surface area contributed by atoms with Crippen LogP contribution in [0.25, 0.3) is 10.2 Å². The van der Waals surface area contributed by atoms with Crippen LogP contribution in [0.5, 0.6) is 0 Å². The molecule has 1 amide bonds. The Hall–Kier alpha value is -2.40. The maximum atomic E-state index is 14.5. The van der Waals surface area contributed by atoms with Crippen molar-refractivity contribution in [1.82, 2.24) is 8.87 Å². The van der Waals surface area contributed by atoms with Crippen molar-refractivity contribution in [1.29, 1.82) is 0 Å². The van der Waals surface area contributed by atoms with Gasteiger partial charge in [0.05, 0.1) is 21.7 Å². The summed E-state index contributed by atoms with van der Waals surface area (Å²) in [5, 5.41) is 0. The average Bonchev–Trinajstić information content (AvgIpc) is 3.56. The van der Waals surface area contributed by atoms with Gasteiger partial charge in [0.1, 0.15) is 5.82 Å². The van der Waals surface area contributed by atoms with Gasteiger partial charge in [-0.15, -0.1) is 0 Å². The molecule has 3 aromatic rings. The molecule has 2 aromatic carbocycles. The summed E-state index contributed by atoms with van der Waals surface area (Å²) < 4.78 is 48.9. The number of thiazole rings is 1. The van der Waals surface area contributed by atoms with E-state index in [-0.39, 0.29) is 16.5 Å². The molecule has 0 N–H and O–H groups in total. The molecule has 1 heterocycles. The lowest BCUT2D eigenvalue weighted by Gasteiger charge is -2.16. The predicted octanol–water partition coefficient (Wildman–Crippen LogP) is 3.40.